The quantitative estimate of drug-likeness (QED) is 0.573. The number of ether oxygens (including phenoxy) is 1. The number of anilines is 1. The van der Waals surface area contributed by atoms with Gasteiger partial charge in [0.1, 0.15) is 6.54 Å². The molecule has 0 saturated carbocycles. The summed E-state index contributed by atoms with van der Waals surface area (Å²) < 4.78 is 30.4. The van der Waals surface area contributed by atoms with Gasteiger partial charge in [-0.05, 0) is 41.6 Å². The second-order valence-corrected chi connectivity index (χ2v) is 6.78. The van der Waals surface area contributed by atoms with E-state index >= 15 is 0 Å². The highest BCUT2D eigenvalue weighted by Crippen LogP contribution is 2.24. The number of hydrogen-bond donors (Lipinski definition) is 0. The molecule has 0 amide bonds. The Morgan fingerprint density at radius 2 is 2.00 bits per heavy atom. The van der Waals surface area contributed by atoms with E-state index in [4.69, 9.17) is 0 Å². The minimum atomic E-state index is -3.51. The molecule has 0 atom stereocenters. The molecule has 0 aliphatic carbocycles. The molecule has 0 aliphatic rings. The second kappa shape index (κ2) is 6.37. The van der Waals surface area contributed by atoms with Gasteiger partial charge in [0.2, 0.25) is 10.0 Å². The number of para-hydroxylation sites is 1. The molecule has 0 fully saturated rings. The van der Waals surface area contributed by atoms with Crippen molar-refractivity contribution in [1.29, 1.82) is 0 Å². The number of carbonyl (C=O) groups is 1. The number of benzene rings is 1. The van der Waals surface area contributed by atoms with Gasteiger partial charge < -0.3 is 4.74 Å². The van der Waals surface area contributed by atoms with Gasteiger partial charge in [-0.15, -0.1) is 0 Å². The number of carbonyl (C=O) groups excluding carboxylic acids is 1. The predicted molar refractivity (Wildman–Crippen MR) is 78.0 cm³/mol. The van der Waals surface area contributed by atoms with Crippen LogP contribution < -0.4 is 4.31 Å². The van der Waals surface area contributed by atoms with E-state index in [1.165, 1.54) is 14.0 Å². The number of esters is 1. The zero-order valence-corrected chi connectivity index (χ0v) is 13.1. The molecule has 0 aliphatic heterocycles. The summed E-state index contributed by atoms with van der Waals surface area (Å²) in [6.07, 6.45) is 0. The lowest BCUT2D eigenvalue weighted by molar-refractivity contribution is -0.138. The molecule has 0 heterocycles. The summed E-state index contributed by atoms with van der Waals surface area (Å²) >= 11 is 2.03. The van der Waals surface area contributed by atoms with Crippen molar-refractivity contribution in [2.75, 3.05) is 23.7 Å². The van der Waals surface area contributed by atoms with Gasteiger partial charge in [0.25, 0.3) is 0 Å². The van der Waals surface area contributed by atoms with Crippen molar-refractivity contribution in [2.24, 2.45) is 0 Å². The third-order valence-electron chi connectivity index (χ3n) is 2.32. The maximum absolute atomic E-state index is 12.0. The monoisotopic (exact) mass is 383 g/mol. The van der Waals surface area contributed by atoms with Crippen LogP contribution in [0.1, 0.15) is 6.92 Å². The van der Waals surface area contributed by atoms with Crippen molar-refractivity contribution in [1.82, 2.24) is 0 Å². The molecule has 0 saturated heterocycles. The van der Waals surface area contributed by atoms with Gasteiger partial charge in [-0.3, -0.25) is 9.10 Å². The van der Waals surface area contributed by atoms with Gasteiger partial charge in [-0.2, -0.15) is 0 Å². The lowest BCUT2D eigenvalue weighted by atomic mass is 10.3. The first-order valence-electron chi connectivity index (χ1n) is 5.24. The zero-order valence-electron chi connectivity index (χ0n) is 10.1. The van der Waals surface area contributed by atoms with Crippen LogP contribution in [0.5, 0.6) is 0 Å². The van der Waals surface area contributed by atoms with Gasteiger partial charge in [0.15, 0.2) is 0 Å². The number of halogens is 1. The lowest BCUT2D eigenvalue weighted by Gasteiger charge is -2.23. The fraction of sp³-hybridized carbons (Fsp3) is 0.364. The van der Waals surface area contributed by atoms with Crippen LogP contribution in [-0.2, 0) is 19.6 Å². The van der Waals surface area contributed by atoms with Crippen LogP contribution in [0.4, 0.5) is 5.69 Å². The highest BCUT2D eigenvalue weighted by Gasteiger charge is 2.25. The van der Waals surface area contributed by atoms with Crippen molar-refractivity contribution >= 4 is 44.3 Å². The molecular formula is C11H14INO4S. The number of sulfonamides is 1. The van der Waals surface area contributed by atoms with Crippen LogP contribution in [0.25, 0.3) is 0 Å². The Bertz CT molecular complexity index is 530. The summed E-state index contributed by atoms with van der Waals surface area (Å²) in [5.41, 5.74) is 0.491. The van der Waals surface area contributed by atoms with Crippen molar-refractivity contribution in [3.63, 3.8) is 0 Å². The van der Waals surface area contributed by atoms with Gasteiger partial charge in [0, 0.05) is 3.57 Å². The first kappa shape index (κ1) is 15.2. The van der Waals surface area contributed by atoms with E-state index in [2.05, 4.69) is 4.74 Å². The maximum Gasteiger partial charge on any atom is 0.326 e. The summed E-state index contributed by atoms with van der Waals surface area (Å²) in [6, 6.07) is 6.98. The summed E-state index contributed by atoms with van der Waals surface area (Å²) in [5, 5.41) is 0. The molecule has 0 radical (unpaired) electrons. The van der Waals surface area contributed by atoms with Crippen molar-refractivity contribution in [3.8, 4) is 0 Å². The summed E-state index contributed by atoms with van der Waals surface area (Å²) in [7, 11) is -2.28. The predicted octanol–water partition coefficient (Wildman–Crippen LogP) is 1.62. The molecular weight excluding hydrogens is 369 g/mol. The number of rotatable bonds is 5. The smallest absolute Gasteiger partial charge is 0.326 e. The molecule has 0 unspecified atom stereocenters. The molecule has 0 spiro atoms. The average molecular weight is 383 g/mol. The fourth-order valence-corrected chi connectivity index (χ4v) is 3.24. The molecule has 5 nitrogen and oxygen atoms in total. The molecule has 0 aromatic heterocycles. The van der Waals surface area contributed by atoms with Gasteiger partial charge in [0.05, 0.1) is 18.6 Å². The Morgan fingerprint density at radius 3 is 2.50 bits per heavy atom. The highest BCUT2D eigenvalue weighted by molar-refractivity contribution is 14.1. The van der Waals surface area contributed by atoms with E-state index in [0.29, 0.717) is 5.69 Å². The fourth-order valence-electron chi connectivity index (χ4n) is 1.32. The normalized spacial score (nSPS) is 11.1. The van der Waals surface area contributed by atoms with E-state index in [-0.39, 0.29) is 12.3 Å². The molecule has 100 valence electrons. The Labute approximate surface area is 120 Å². The number of hydrogen-bond acceptors (Lipinski definition) is 4. The minimum Gasteiger partial charge on any atom is -0.468 e. The van der Waals surface area contributed by atoms with Crippen LogP contribution in [0.15, 0.2) is 24.3 Å². The zero-order chi connectivity index (χ0) is 13.8. The van der Waals surface area contributed by atoms with E-state index in [1.807, 2.05) is 22.6 Å². The van der Waals surface area contributed by atoms with Gasteiger partial charge >= 0.3 is 5.97 Å². The van der Waals surface area contributed by atoms with Crippen LogP contribution in [0.3, 0.4) is 0 Å². The standard InChI is InChI=1S/C11H14INO4S/c1-3-18(15,16)13(8-11(14)17-2)10-7-5-4-6-9(10)12/h4-7H,3,8H2,1-2H3. The second-order valence-electron chi connectivity index (χ2n) is 3.43. The van der Waals surface area contributed by atoms with Crippen molar-refractivity contribution in [2.45, 2.75) is 6.92 Å². The molecule has 18 heavy (non-hydrogen) atoms. The topological polar surface area (TPSA) is 63.7 Å². The highest BCUT2D eigenvalue weighted by atomic mass is 127. The van der Waals surface area contributed by atoms with E-state index in [0.717, 1.165) is 7.88 Å². The molecule has 1 aromatic carbocycles. The molecule has 1 aromatic rings. The Morgan fingerprint density at radius 1 is 1.39 bits per heavy atom. The van der Waals surface area contributed by atoms with Crippen molar-refractivity contribution in [3.05, 3.63) is 27.8 Å². The number of nitrogens with zero attached hydrogens (tertiary/aromatic N) is 1. The molecule has 7 heteroatoms. The van der Waals surface area contributed by atoms with Crippen LogP contribution >= 0.6 is 22.6 Å². The van der Waals surface area contributed by atoms with Gasteiger partial charge in [-0.25, -0.2) is 8.42 Å². The van der Waals surface area contributed by atoms with E-state index < -0.39 is 16.0 Å². The Kier molecular flexibility index (Phi) is 5.39. The summed E-state index contributed by atoms with van der Waals surface area (Å²) in [4.78, 5) is 11.3. The average Bonchev–Trinajstić information content (AvgIpc) is 2.36. The maximum atomic E-state index is 12.0. The van der Waals surface area contributed by atoms with Crippen molar-refractivity contribution < 1.29 is 17.9 Å². The van der Waals surface area contributed by atoms with Gasteiger partial charge in [-0.1, -0.05) is 12.1 Å². The summed E-state index contributed by atoms with van der Waals surface area (Å²) in [6.45, 7) is 1.22. The van der Waals surface area contributed by atoms with E-state index in [9.17, 15) is 13.2 Å². The third kappa shape index (κ3) is 3.58. The SMILES string of the molecule is CCS(=O)(=O)N(CC(=O)OC)c1ccccc1I. The largest absolute Gasteiger partial charge is 0.468 e. The first-order chi connectivity index (χ1) is 8.42. The third-order valence-corrected chi connectivity index (χ3v) is 4.96. The first-order valence-corrected chi connectivity index (χ1v) is 7.93. The van der Waals surface area contributed by atoms with Crippen LogP contribution in [0, 0.1) is 3.57 Å². The van der Waals surface area contributed by atoms with E-state index in [1.54, 1.807) is 24.3 Å². The lowest BCUT2D eigenvalue weighted by Crippen LogP contribution is -2.37. The number of methoxy groups -OCH3 is 1. The minimum absolute atomic E-state index is 0.0744. The Balaban J connectivity index is 3.22. The van der Waals surface area contributed by atoms with Crippen LogP contribution in [0.2, 0.25) is 0 Å². The Hall–Kier alpha value is -0.830. The molecule has 1 rings (SSSR count). The molecule has 0 N–H and O–H groups in total. The molecule has 0 bridgehead atoms. The van der Waals surface area contributed by atoms with Crippen LogP contribution in [-0.4, -0.2) is 33.8 Å². The summed E-state index contributed by atoms with van der Waals surface area (Å²) in [5.74, 6) is -0.665.